The van der Waals surface area contributed by atoms with Crippen molar-refractivity contribution < 1.29 is 66.8 Å². The van der Waals surface area contributed by atoms with Gasteiger partial charge < -0.3 is 30.3 Å². The molecule has 1 aliphatic heterocycles. The quantitative estimate of drug-likeness (QED) is 0.225. The molecule has 0 spiro atoms. The molecule has 104 valence electrons. The van der Waals surface area contributed by atoms with Crippen LogP contribution in [0.2, 0.25) is 0 Å². The van der Waals surface area contributed by atoms with E-state index in [-0.39, 0.29) is 42.0 Å². The zero-order chi connectivity index (χ0) is 12.5. The van der Waals surface area contributed by atoms with E-state index in [0.717, 1.165) is 0 Å². The number of nitrogens with two attached hydrogens (primary N) is 1. The zero-order valence-electron chi connectivity index (χ0n) is 9.37. The Kier molecular flexibility index (Phi) is 9.79. The molecular weight excluding hydrogens is 305 g/mol. The second kappa shape index (κ2) is 8.29. The summed E-state index contributed by atoms with van der Waals surface area (Å²) in [5.74, 6) is 0. The van der Waals surface area contributed by atoms with Gasteiger partial charge in [-0.25, -0.2) is 8.42 Å². The Morgan fingerprint density at radius 3 is 2.22 bits per heavy atom. The average molecular weight is 318 g/mol. The van der Waals surface area contributed by atoms with Crippen LogP contribution >= 0.6 is 12.4 Å². The smallest absolute Gasteiger partial charge is 0.726 e. The van der Waals surface area contributed by atoms with E-state index in [1.165, 1.54) is 0 Å². The molecule has 1 unspecified atom stereocenters. The van der Waals surface area contributed by atoms with Gasteiger partial charge in [-0.2, -0.15) is 0 Å². The third-order valence-corrected chi connectivity index (χ3v) is 2.57. The van der Waals surface area contributed by atoms with Crippen LogP contribution in [-0.4, -0.2) is 65.5 Å². The Morgan fingerprint density at radius 1 is 1.28 bits per heavy atom. The van der Waals surface area contributed by atoms with Crippen molar-refractivity contribution >= 4 is 22.8 Å². The number of hydrogen-bond donors (Lipinski definition) is 4. The summed E-state index contributed by atoms with van der Waals surface area (Å²) in [6.07, 6.45) is -6.00. The van der Waals surface area contributed by atoms with Crippen molar-refractivity contribution in [1.29, 1.82) is 0 Å². The first kappa shape index (κ1) is 21.3. The second-order valence-electron chi connectivity index (χ2n) is 3.32. The van der Waals surface area contributed by atoms with E-state index in [1.54, 1.807) is 0 Å². The minimum absolute atomic E-state index is 0. The van der Waals surface area contributed by atoms with E-state index in [2.05, 4.69) is 8.92 Å². The maximum absolute atomic E-state index is 10.1. The minimum Gasteiger partial charge on any atom is -0.726 e. The monoisotopic (exact) mass is 317 g/mol. The van der Waals surface area contributed by atoms with Crippen LogP contribution < -0.4 is 35.3 Å². The molecule has 9 nitrogen and oxygen atoms in total. The molecule has 0 aromatic rings. The number of rotatable bonds is 3. The molecular formula is C6H13ClNNaO8S. The molecule has 0 bridgehead atoms. The van der Waals surface area contributed by atoms with Crippen molar-refractivity contribution in [3.8, 4) is 0 Å². The van der Waals surface area contributed by atoms with E-state index in [4.69, 9.17) is 10.8 Å². The predicted molar refractivity (Wildman–Crippen MR) is 53.8 cm³/mol. The Labute approximate surface area is 132 Å². The Bertz CT molecular complexity index is 342. The Hall–Kier alpha value is 0.960. The summed E-state index contributed by atoms with van der Waals surface area (Å²) in [4.78, 5) is 0. The number of hydrogen-bond acceptors (Lipinski definition) is 9. The third kappa shape index (κ3) is 5.94. The molecule has 1 rings (SSSR count). The van der Waals surface area contributed by atoms with Gasteiger partial charge in [0.25, 0.3) is 0 Å². The van der Waals surface area contributed by atoms with Crippen molar-refractivity contribution in [2.75, 3.05) is 6.61 Å². The summed E-state index contributed by atoms with van der Waals surface area (Å²) in [6, 6.07) is -1.23. The normalized spacial score (nSPS) is 36.4. The van der Waals surface area contributed by atoms with Gasteiger partial charge in [0.2, 0.25) is 10.4 Å². The number of aliphatic hydroxyl groups is 3. The Morgan fingerprint density at radius 2 is 1.78 bits per heavy atom. The van der Waals surface area contributed by atoms with E-state index < -0.39 is 47.6 Å². The molecule has 5 N–H and O–H groups in total. The van der Waals surface area contributed by atoms with Crippen molar-refractivity contribution in [2.45, 2.75) is 30.6 Å². The van der Waals surface area contributed by atoms with Gasteiger partial charge in [-0.15, -0.1) is 12.4 Å². The second-order valence-corrected chi connectivity index (χ2v) is 4.37. The Balaban J connectivity index is 0. The van der Waals surface area contributed by atoms with Crippen LogP contribution in [0.25, 0.3) is 0 Å². The molecule has 5 atom stereocenters. The van der Waals surface area contributed by atoms with Crippen LogP contribution in [0.4, 0.5) is 0 Å². The summed E-state index contributed by atoms with van der Waals surface area (Å²) in [7, 11) is -4.93. The first-order valence-electron chi connectivity index (χ1n) is 4.28. The average Bonchev–Trinajstić information content (AvgIpc) is 2.17. The van der Waals surface area contributed by atoms with Crippen LogP contribution in [0.1, 0.15) is 0 Å². The number of ether oxygens (including phenoxy) is 1. The largest absolute Gasteiger partial charge is 1.00 e. The fourth-order valence-corrected chi connectivity index (χ4v) is 1.56. The van der Waals surface area contributed by atoms with E-state index >= 15 is 0 Å². The van der Waals surface area contributed by atoms with Crippen molar-refractivity contribution in [3.63, 3.8) is 0 Å². The fourth-order valence-electron chi connectivity index (χ4n) is 1.25. The van der Waals surface area contributed by atoms with Gasteiger partial charge in [0, 0.05) is 0 Å². The predicted octanol–water partition coefficient (Wildman–Crippen LogP) is -6.34. The van der Waals surface area contributed by atoms with Crippen molar-refractivity contribution in [3.05, 3.63) is 0 Å². The van der Waals surface area contributed by atoms with Gasteiger partial charge in [0.15, 0.2) is 6.29 Å². The fraction of sp³-hybridized carbons (Fsp3) is 1.00. The van der Waals surface area contributed by atoms with E-state index in [1.807, 2.05) is 0 Å². The molecule has 1 aliphatic rings. The van der Waals surface area contributed by atoms with Gasteiger partial charge in [-0.3, -0.25) is 4.18 Å². The van der Waals surface area contributed by atoms with Gasteiger partial charge in [-0.05, 0) is 0 Å². The first-order chi connectivity index (χ1) is 7.22. The third-order valence-electron chi connectivity index (χ3n) is 2.15. The van der Waals surface area contributed by atoms with E-state index in [0.29, 0.717) is 0 Å². The molecule has 0 saturated carbocycles. The molecule has 18 heavy (non-hydrogen) atoms. The standard InChI is InChI=1S/C6H13NO8S.ClH.Na/c7-3-5(9)4(8)2(15-6(3)10)1-14-16(11,12)13;;/h2-6,8-10H,1,7H2,(H,11,12,13);1H;/q;;+1/p-1/t2-,3-,4-,5-,6?;;/m1../s1. The minimum atomic E-state index is -4.93. The summed E-state index contributed by atoms with van der Waals surface area (Å²) in [5, 5.41) is 27.9. The van der Waals surface area contributed by atoms with E-state index in [9.17, 15) is 23.2 Å². The molecule has 12 heteroatoms. The number of halogens is 1. The summed E-state index contributed by atoms with van der Waals surface area (Å²) < 4.78 is 38.9. The number of aliphatic hydroxyl groups excluding tert-OH is 3. The van der Waals surface area contributed by atoms with Gasteiger partial charge in [-0.1, -0.05) is 0 Å². The maximum atomic E-state index is 10.1. The first-order valence-corrected chi connectivity index (χ1v) is 5.61. The molecule has 0 aliphatic carbocycles. The van der Waals surface area contributed by atoms with Crippen LogP contribution in [0, 0.1) is 0 Å². The van der Waals surface area contributed by atoms with Crippen LogP contribution in [-0.2, 0) is 19.3 Å². The SMILES string of the molecule is Cl.N[C@H]1C(O)O[C@H](COS(=O)(=O)[O-])[C@@H](O)[C@@H]1O.[Na+]. The van der Waals surface area contributed by atoms with Gasteiger partial charge in [0.1, 0.15) is 18.3 Å². The maximum Gasteiger partial charge on any atom is 1.00 e. The van der Waals surface area contributed by atoms with Crippen molar-refractivity contribution in [1.82, 2.24) is 0 Å². The molecule has 1 fully saturated rings. The summed E-state index contributed by atoms with van der Waals surface area (Å²) in [5.41, 5.74) is 5.25. The zero-order valence-corrected chi connectivity index (χ0v) is 13.0. The van der Waals surface area contributed by atoms with Gasteiger partial charge in [0.05, 0.1) is 12.6 Å². The van der Waals surface area contributed by atoms with Crippen LogP contribution in [0.5, 0.6) is 0 Å². The van der Waals surface area contributed by atoms with Gasteiger partial charge >= 0.3 is 29.6 Å². The summed E-state index contributed by atoms with van der Waals surface area (Å²) in [6.45, 7) is -0.812. The van der Waals surface area contributed by atoms with Crippen LogP contribution in [0.15, 0.2) is 0 Å². The molecule has 1 saturated heterocycles. The topological polar surface area (TPSA) is 162 Å². The molecule has 0 aromatic heterocycles. The van der Waals surface area contributed by atoms with Crippen molar-refractivity contribution in [2.24, 2.45) is 5.73 Å². The molecule has 1 heterocycles. The molecule has 0 amide bonds. The van der Waals surface area contributed by atoms with Crippen LogP contribution in [0.3, 0.4) is 0 Å². The summed E-state index contributed by atoms with van der Waals surface area (Å²) >= 11 is 0. The molecule has 0 radical (unpaired) electrons. The molecule has 0 aromatic carbocycles.